The minimum absolute atomic E-state index is 0.101. The highest BCUT2D eigenvalue weighted by Crippen LogP contribution is 2.14. The lowest BCUT2D eigenvalue weighted by atomic mass is 10.0. The Hall–Kier alpha value is -0.0500. The molecule has 1 rings (SSSR count). The second kappa shape index (κ2) is 5.88. The van der Waals surface area contributed by atoms with Crippen molar-refractivity contribution in [2.45, 2.75) is 32.4 Å². The van der Waals surface area contributed by atoms with Crippen LogP contribution in [0, 0.1) is 0 Å². The summed E-state index contributed by atoms with van der Waals surface area (Å²) in [7, 11) is 0. The van der Waals surface area contributed by atoms with E-state index in [9.17, 15) is 0 Å². The fraction of sp³-hybridized carbons (Fsp3) is 0.500. The van der Waals surface area contributed by atoms with Gasteiger partial charge in [0.2, 0.25) is 0 Å². The van der Waals surface area contributed by atoms with Crippen molar-refractivity contribution >= 4 is 27.5 Å². The van der Waals surface area contributed by atoms with Crippen LogP contribution < -0.4 is 5.32 Å². The molecule has 0 aliphatic heterocycles. The van der Waals surface area contributed by atoms with Crippen molar-refractivity contribution in [3.05, 3.63) is 34.3 Å². The first-order valence-corrected chi connectivity index (χ1v) is 6.42. The first-order valence-electron chi connectivity index (χ1n) is 5.09. The average molecular weight is 291 g/mol. The van der Waals surface area contributed by atoms with Crippen LogP contribution >= 0.6 is 27.5 Å². The zero-order chi connectivity index (χ0) is 11.3. The normalized spacial score (nSPS) is 11.7. The van der Waals surface area contributed by atoms with E-state index in [-0.39, 0.29) is 5.54 Å². The quantitative estimate of drug-likeness (QED) is 0.810. The molecular weight excluding hydrogens is 273 g/mol. The van der Waals surface area contributed by atoms with E-state index in [2.05, 4.69) is 53.3 Å². The Morgan fingerprint density at radius 3 is 2.73 bits per heavy atom. The molecule has 84 valence electrons. The van der Waals surface area contributed by atoms with Crippen molar-refractivity contribution in [3.8, 4) is 0 Å². The van der Waals surface area contributed by atoms with E-state index in [0.29, 0.717) is 5.88 Å². The van der Waals surface area contributed by atoms with Gasteiger partial charge in [-0.3, -0.25) is 0 Å². The molecule has 0 aliphatic rings. The molecule has 1 N–H and O–H groups in total. The van der Waals surface area contributed by atoms with Crippen LogP contribution in [0.4, 0.5) is 0 Å². The lowest BCUT2D eigenvalue weighted by molar-refractivity contribution is 0.376. The maximum atomic E-state index is 5.75. The molecule has 0 radical (unpaired) electrons. The molecule has 1 aromatic carbocycles. The Bertz CT molecular complexity index is 312. The van der Waals surface area contributed by atoms with E-state index in [1.165, 1.54) is 5.56 Å². The third kappa shape index (κ3) is 5.01. The molecule has 1 nitrogen and oxygen atoms in total. The van der Waals surface area contributed by atoms with E-state index in [1.807, 2.05) is 6.07 Å². The monoisotopic (exact) mass is 289 g/mol. The van der Waals surface area contributed by atoms with Gasteiger partial charge in [-0.15, -0.1) is 11.6 Å². The van der Waals surface area contributed by atoms with Gasteiger partial charge in [-0.1, -0.05) is 28.1 Å². The molecule has 0 spiro atoms. The summed E-state index contributed by atoms with van der Waals surface area (Å²) >= 11 is 9.21. The van der Waals surface area contributed by atoms with E-state index in [1.54, 1.807) is 0 Å². The zero-order valence-electron chi connectivity index (χ0n) is 9.19. The summed E-state index contributed by atoms with van der Waals surface area (Å²) in [6.07, 6.45) is 0.975. The van der Waals surface area contributed by atoms with E-state index in [0.717, 1.165) is 17.4 Å². The predicted octanol–water partition coefficient (Wildman–Crippen LogP) is 3.95. The molecule has 0 aliphatic carbocycles. The van der Waals surface area contributed by atoms with E-state index in [4.69, 9.17) is 11.6 Å². The molecular formula is C12H17BrClN. The number of alkyl halides is 1. The summed E-state index contributed by atoms with van der Waals surface area (Å²) < 4.78 is 1.12. The Kier molecular flexibility index (Phi) is 5.10. The number of hydrogen-bond donors (Lipinski definition) is 1. The third-order valence-electron chi connectivity index (χ3n) is 2.38. The third-order valence-corrected chi connectivity index (χ3v) is 3.06. The van der Waals surface area contributed by atoms with Gasteiger partial charge in [0.25, 0.3) is 0 Å². The highest BCUT2D eigenvalue weighted by atomic mass is 79.9. The summed E-state index contributed by atoms with van der Waals surface area (Å²) in [5, 5.41) is 3.50. The van der Waals surface area contributed by atoms with Crippen LogP contribution in [0.1, 0.15) is 25.8 Å². The molecule has 0 heterocycles. The van der Waals surface area contributed by atoms with Crippen molar-refractivity contribution in [1.29, 1.82) is 0 Å². The SMILES string of the molecule is CC(C)(CCCl)NCc1cccc(Br)c1. The molecule has 0 atom stereocenters. The lowest BCUT2D eigenvalue weighted by Crippen LogP contribution is -2.39. The highest BCUT2D eigenvalue weighted by molar-refractivity contribution is 9.10. The predicted molar refractivity (Wildman–Crippen MR) is 70.4 cm³/mol. The zero-order valence-corrected chi connectivity index (χ0v) is 11.5. The van der Waals surface area contributed by atoms with Gasteiger partial charge in [0.15, 0.2) is 0 Å². The van der Waals surface area contributed by atoms with E-state index < -0.39 is 0 Å². The van der Waals surface area contributed by atoms with Crippen LogP contribution in [0.15, 0.2) is 28.7 Å². The second-order valence-corrected chi connectivity index (χ2v) is 5.60. The van der Waals surface area contributed by atoms with Gasteiger partial charge in [-0.2, -0.15) is 0 Å². The fourth-order valence-electron chi connectivity index (χ4n) is 1.31. The molecule has 0 bridgehead atoms. The fourth-order valence-corrected chi connectivity index (χ4v) is 2.23. The first-order chi connectivity index (χ1) is 7.03. The van der Waals surface area contributed by atoms with E-state index >= 15 is 0 Å². The molecule has 0 amide bonds. The lowest BCUT2D eigenvalue weighted by Gasteiger charge is -2.25. The molecule has 0 fully saturated rings. The van der Waals surface area contributed by atoms with Crippen LogP contribution in [-0.2, 0) is 6.54 Å². The summed E-state index contributed by atoms with van der Waals surface area (Å²) in [6.45, 7) is 5.23. The second-order valence-electron chi connectivity index (χ2n) is 4.31. The number of halogens is 2. The van der Waals surface area contributed by atoms with Gasteiger partial charge in [0.05, 0.1) is 0 Å². The molecule has 0 saturated heterocycles. The molecule has 0 unspecified atom stereocenters. The Morgan fingerprint density at radius 1 is 1.40 bits per heavy atom. The number of nitrogens with one attached hydrogen (secondary N) is 1. The Morgan fingerprint density at radius 2 is 2.13 bits per heavy atom. The Balaban J connectivity index is 2.49. The van der Waals surface area contributed by atoms with Crippen LogP contribution in [0.5, 0.6) is 0 Å². The van der Waals surface area contributed by atoms with Crippen LogP contribution in [0.2, 0.25) is 0 Å². The van der Waals surface area contributed by atoms with Gasteiger partial charge in [-0.05, 0) is 38.0 Å². The van der Waals surface area contributed by atoms with Gasteiger partial charge in [-0.25, -0.2) is 0 Å². The minimum atomic E-state index is 0.101. The van der Waals surface area contributed by atoms with Crippen molar-refractivity contribution in [3.63, 3.8) is 0 Å². The first kappa shape index (κ1) is 13.0. The maximum Gasteiger partial charge on any atom is 0.0240 e. The number of benzene rings is 1. The van der Waals surface area contributed by atoms with Crippen LogP contribution in [0.25, 0.3) is 0 Å². The number of hydrogen-bond acceptors (Lipinski definition) is 1. The minimum Gasteiger partial charge on any atom is -0.308 e. The molecule has 15 heavy (non-hydrogen) atoms. The Labute approximate surface area is 105 Å². The standard InChI is InChI=1S/C12H17BrClN/c1-12(2,6-7-14)15-9-10-4-3-5-11(13)8-10/h3-5,8,15H,6-7,9H2,1-2H3. The van der Waals surface area contributed by atoms with Gasteiger partial charge < -0.3 is 5.32 Å². The van der Waals surface area contributed by atoms with Crippen molar-refractivity contribution < 1.29 is 0 Å². The van der Waals surface area contributed by atoms with Crippen LogP contribution in [0.3, 0.4) is 0 Å². The van der Waals surface area contributed by atoms with Crippen molar-refractivity contribution in [2.24, 2.45) is 0 Å². The summed E-state index contributed by atoms with van der Waals surface area (Å²) in [6, 6.07) is 8.33. The highest BCUT2D eigenvalue weighted by Gasteiger charge is 2.15. The average Bonchev–Trinajstić information content (AvgIpc) is 2.15. The molecule has 3 heteroatoms. The van der Waals surface area contributed by atoms with Crippen molar-refractivity contribution in [1.82, 2.24) is 5.32 Å². The number of rotatable bonds is 5. The van der Waals surface area contributed by atoms with Crippen LogP contribution in [-0.4, -0.2) is 11.4 Å². The largest absolute Gasteiger partial charge is 0.308 e. The topological polar surface area (TPSA) is 12.0 Å². The molecule has 1 aromatic rings. The van der Waals surface area contributed by atoms with Gasteiger partial charge in [0, 0.05) is 22.4 Å². The summed E-state index contributed by atoms with van der Waals surface area (Å²) in [4.78, 5) is 0. The smallest absolute Gasteiger partial charge is 0.0240 e. The van der Waals surface area contributed by atoms with Crippen molar-refractivity contribution in [2.75, 3.05) is 5.88 Å². The summed E-state index contributed by atoms with van der Waals surface area (Å²) in [5.41, 5.74) is 1.39. The van der Waals surface area contributed by atoms with Gasteiger partial charge in [0.1, 0.15) is 0 Å². The molecule has 0 saturated carbocycles. The summed E-state index contributed by atoms with van der Waals surface area (Å²) in [5.74, 6) is 0.693. The maximum absolute atomic E-state index is 5.75. The molecule has 0 aromatic heterocycles. The van der Waals surface area contributed by atoms with Gasteiger partial charge >= 0.3 is 0 Å².